The second kappa shape index (κ2) is 11.5. The summed E-state index contributed by atoms with van der Waals surface area (Å²) in [6.45, 7) is 13.3. The van der Waals surface area contributed by atoms with Crippen molar-refractivity contribution in [3.05, 3.63) is 92.6 Å². The lowest BCUT2D eigenvalue weighted by molar-refractivity contribution is -0.124. The summed E-state index contributed by atoms with van der Waals surface area (Å²) in [5.41, 5.74) is 9.05. The fourth-order valence-electron chi connectivity index (χ4n) is 3.74. The molecule has 2 heterocycles. The van der Waals surface area contributed by atoms with Crippen molar-refractivity contribution < 1.29 is 14.7 Å². The lowest BCUT2D eigenvalue weighted by atomic mass is 10.0. The van der Waals surface area contributed by atoms with E-state index in [1.807, 2.05) is 29.8 Å². The molecule has 0 saturated heterocycles. The Labute approximate surface area is 209 Å². The van der Waals surface area contributed by atoms with Crippen molar-refractivity contribution in [2.24, 2.45) is 0 Å². The molecule has 9 heteroatoms. The number of fused-ring (bicyclic) bond motifs is 1. The molecule has 2 aromatic heterocycles. The number of hydrogen-bond acceptors (Lipinski definition) is 6. The largest absolute Gasteiger partial charge is 0.506 e. The molecular formula is C27H28N6O3. The lowest BCUT2D eigenvalue weighted by Crippen LogP contribution is -2.31. The third kappa shape index (κ3) is 5.41. The third-order valence-electron chi connectivity index (χ3n) is 5.38. The molecular weight excluding hydrogens is 456 g/mol. The van der Waals surface area contributed by atoms with Gasteiger partial charge < -0.3 is 25.6 Å². The monoisotopic (exact) mass is 484 g/mol. The number of carbonyl (C=O) groups excluding carboxylic acids is 2. The predicted molar refractivity (Wildman–Crippen MR) is 143 cm³/mol. The van der Waals surface area contributed by atoms with Gasteiger partial charge in [-0.2, -0.15) is 0 Å². The number of anilines is 2. The van der Waals surface area contributed by atoms with E-state index in [1.54, 1.807) is 29.2 Å². The van der Waals surface area contributed by atoms with Gasteiger partial charge in [0.1, 0.15) is 23.5 Å². The Morgan fingerprint density at radius 1 is 1.22 bits per heavy atom. The molecule has 0 aliphatic rings. The van der Waals surface area contributed by atoms with Crippen LogP contribution in [-0.4, -0.2) is 42.9 Å². The molecule has 4 N–H and O–H groups in total. The number of aromatic hydroxyl groups is 1. The number of nitrogens with two attached hydrogens (primary N) is 1. The minimum Gasteiger partial charge on any atom is -0.506 e. The van der Waals surface area contributed by atoms with Crippen LogP contribution >= 0.6 is 0 Å². The third-order valence-corrected chi connectivity index (χ3v) is 5.38. The van der Waals surface area contributed by atoms with Crippen molar-refractivity contribution in [3.63, 3.8) is 0 Å². The number of amides is 2. The average Bonchev–Trinajstić information content (AvgIpc) is 3.25. The first kappa shape index (κ1) is 25.7. The number of nitrogens with zero attached hydrogens (tertiary/aromatic N) is 4. The van der Waals surface area contributed by atoms with E-state index in [0.717, 1.165) is 6.08 Å². The highest BCUT2D eigenvalue weighted by molar-refractivity contribution is 6.02. The molecule has 3 rings (SSSR count). The number of benzene rings is 1. The van der Waals surface area contributed by atoms with Crippen LogP contribution in [-0.2, 0) is 16.1 Å². The maximum atomic E-state index is 12.6. The van der Waals surface area contributed by atoms with Crippen LogP contribution in [0.5, 0.6) is 5.75 Å². The standard InChI is InChI=1S/C27H28N6O3/c1-5-9-19(10-6-2)33(24(36)8-4)14-13-32-16-20(25-26(28)29-17-30-27(25)32)18-11-12-21(22(34)15-18)31-23(35)7-3/h5-12,15-17,34H,1,3-4,13-14H2,2H3,(H,31,35)(H2,28,29,30)/b10-6-,19-9+. The summed E-state index contributed by atoms with van der Waals surface area (Å²) in [5, 5.41) is 13.6. The molecule has 36 heavy (non-hydrogen) atoms. The second-order valence-corrected chi connectivity index (χ2v) is 7.64. The van der Waals surface area contributed by atoms with Crippen LogP contribution in [0.15, 0.2) is 92.6 Å². The van der Waals surface area contributed by atoms with Gasteiger partial charge in [0.2, 0.25) is 11.8 Å². The number of allylic oxidation sites excluding steroid dienone is 4. The number of carbonyl (C=O) groups is 2. The molecule has 0 aliphatic heterocycles. The maximum absolute atomic E-state index is 12.6. The molecule has 0 bridgehead atoms. The smallest absolute Gasteiger partial charge is 0.250 e. The first-order chi connectivity index (χ1) is 17.3. The summed E-state index contributed by atoms with van der Waals surface area (Å²) < 4.78 is 1.87. The molecule has 0 fully saturated rings. The molecule has 0 saturated carbocycles. The maximum Gasteiger partial charge on any atom is 0.250 e. The molecule has 2 amide bonds. The number of nitrogens with one attached hydrogen (secondary N) is 1. The predicted octanol–water partition coefficient (Wildman–Crippen LogP) is 4.17. The van der Waals surface area contributed by atoms with E-state index in [9.17, 15) is 14.7 Å². The second-order valence-electron chi connectivity index (χ2n) is 7.64. The number of nitrogen functional groups attached to an aromatic ring is 1. The Kier molecular flexibility index (Phi) is 8.19. The molecule has 1 aromatic carbocycles. The van der Waals surface area contributed by atoms with Gasteiger partial charge in [-0.3, -0.25) is 9.59 Å². The van der Waals surface area contributed by atoms with Crippen molar-refractivity contribution >= 4 is 34.4 Å². The van der Waals surface area contributed by atoms with Crippen LogP contribution in [0.4, 0.5) is 11.5 Å². The zero-order valence-electron chi connectivity index (χ0n) is 20.0. The van der Waals surface area contributed by atoms with Crippen molar-refractivity contribution in [1.29, 1.82) is 0 Å². The molecule has 3 aromatic rings. The average molecular weight is 485 g/mol. The van der Waals surface area contributed by atoms with E-state index < -0.39 is 5.91 Å². The number of aromatic nitrogens is 3. The van der Waals surface area contributed by atoms with E-state index in [0.29, 0.717) is 40.9 Å². The molecule has 0 aliphatic carbocycles. The molecule has 184 valence electrons. The van der Waals surface area contributed by atoms with E-state index in [4.69, 9.17) is 5.73 Å². The van der Waals surface area contributed by atoms with Gasteiger partial charge >= 0.3 is 0 Å². The van der Waals surface area contributed by atoms with Crippen molar-refractivity contribution in [1.82, 2.24) is 19.4 Å². The minimum absolute atomic E-state index is 0.118. The highest BCUT2D eigenvalue weighted by atomic mass is 16.3. The highest BCUT2D eigenvalue weighted by Crippen LogP contribution is 2.36. The fourth-order valence-corrected chi connectivity index (χ4v) is 3.74. The summed E-state index contributed by atoms with van der Waals surface area (Å²) in [7, 11) is 0. The van der Waals surface area contributed by atoms with Gasteiger partial charge in [-0.1, -0.05) is 38.0 Å². The van der Waals surface area contributed by atoms with Gasteiger partial charge in [0.05, 0.1) is 11.1 Å². The van der Waals surface area contributed by atoms with Gasteiger partial charge in [-0.15, -0.1) is 0 Å². The molecule has 9 nitrogen and oxygen atoms in total. The van der Waals surface area contributed by atoms with Crippen molar-refractivity contribution in [3.8, 4) is 16.9 Å². The Bertz CT molecular complexity index is 1400. The van der Waals surface area contributed by atoms with Gasteiger partial charge in [-0.05, 0) is 48.9 Å². The van der Waals surface area contributed by atoms with Crippen LogP contribution < -0.4 is 11.1 Å². The summed E-state index contributed by atoms with van der Waals surface area (Å²) in [5.74, 6) is -0.535. The summed E-state index contributed by atoms with van der Waals surface area (Å²) in [6, 6.07) is 4.85. The van der Waals surface area contributed by atoms with Gasteiger partial charge in [0, 0.05) is 30.5 Å². The topological polar surface area (TPSA) is 126 Å². The number of rotatable bonds is 10. The lowest BCUT2D eigenvalue weighted by Gasteiger charge is -2.22. The molecule has 0 radical (unpaired) electrons. The molecule has 0 atom stereocenters. The molecule has 0 spiro atoms. The summed E-state index contributed by atoms with van der Waals surface area (Å²) in [4.78, 5) is 34.4. The summed E-state index contributed by atoms with van der Waals surface area (Å²) >= 11 is 0. The van der Waals surface area contributed by atoms with Crippen LogP contribution in [0.1, 0.15) is 6.92 Å². The first-order valence-electron chi connectivity index (χ1n) is 11.1. The zero-order valence-corrected chi connectivity index (χ0v) is 20.0. The fraction of sp³-hybridized carbons (Fsp3) is 0.111. The minimum atomic E-state index is -0.436. The number of phenolic OH excluding ortho intramolecular Hbond substituents is 1. The van der Waals surface area contributed by atoms with Gasteiger partial charge in [0.25, 0.3) is 0 Å². The number of phenols is 1. The summed E-state index contributed by atoms with van der Waals surface area (Å²) in [6.07, 6.45) is 12.6. The van der Waals surface area contributed by atoms with Crippen LogP contribution in [0.2, 0.25) is 0 Å². The van der Waals surface area contributed by atoms with E-state index in [-0.39, 0.29) is 23.2 Å². The van der Waals surface area contributed by atoms with E-state index >= 15 is 0 Å². The first-order valence-corrected chi connectivity index (χ1v) is 11.1. The Hall–Kier alpha value is -4.92. The van der Waals surface area contributed by atoms with Crippen LogP contribution in [0.3, 0.4) is 0 Å². The Morgan fingerprint density at radius 3 is 2.64 bits per heavy atom. The van der Waals surface area contributed by atoms with Crippen LogP contribution in [0.25, 0.3) is 22.2 Å². The van der Waals surface area contributed by atoms with Crippen molar-refractivity contribution in [2.45, 2.75) is 13.5 Å². The highest BCUT2D eigenvalue weighted by Gasteiger charge is 2.19. The van der Waals surface area contributed by atoms with Crippen molar-refractivity contribution in [2.75, 3.05) is 17.6 Å². The SMILES string of the molecule is C=C/C=C(\C=C/C)N(CCn1cc(-c2ccc(NC(=O)C=C)c(O)c2)c2c(N)ncnc21)C(=O)C=C. The van der Waals surface area contributed by atoms with E-state index in [1.165, 1.54) is 18.5 Å². The molecule has 0 unspecified atom stereocenters. The van der Waals surface area contributed by atoms with Crippen LogP contribution in [0, 0.1) is 0 Å². The van der Waals surface area contributed by atoms with Gasteiger partial charge in [0.15, 0.2) is 0 Å². The number of hydrogen-bond donors (Lipinski definition) is 3. The Balaban J connectivity index is 2.03. The van der Waals surface area contributed by atoms with E-state index in [2.05, 4.69) is 35.0 Å². The van der Waals surface area contributed by atoms with Gasteiger partial charge in [-0.25, -0.2) is 9.97 Å². The Morgan fingerprint density at radius 2 is 2.00 bits per heavy atom. The quantitative estimate of drug-likeness (QED) is 0.225. The normalized spacial score (nSPS) is 11.4. The zero-order chi connectivity index (χ0) is 26.2.